The lowest BCUT2D eigenvalue weighted by molar-refractivity contribution is -0.125. The molecular formula is C23H21ClN2O3. The first-order valence-corrected chi connectivity index (χ1v) is 9.92. The van der Waals surface area contributed by atoms with Crippen LogP contribution in [0.1, 0.15) is 34.8 Å². The molecule has 1 aliphatic heterocycles. The van der Waals surface area contributed by atoms with Crippen LogP contribution in [0.5, 0.6) is 0 Å². The third-order valence-electron chi connectivity index (χ3n) is 5.38. The Labute approximate surface area is 174 Å². The molecule has 3 aromatic rings. The van der Waals surface area contributed by atoms with E-state index >= 15 is 0 Å². The third kappa shape index (κ3) is 3.91. The standard InChI is InChI=1S/C23H21ClN2O3/c24-18-10-8-15(9-11-18)21-19(22(25)27)6-2-12-26(21)23(28)17-5-1-4-16(14-17)20-7-3-13-29-20/h1,3-5,7-11,13-14,19,21H,2,6,12H2,(H2,25,27). The highest BCUT2D eigenvalue weighted by Crippen LogP contribution is 2.37. The van der Waals surface area contributed by atoms with Crippen molar-refractivity contribution in [3.8, 4) is 11.3 Å². The van der Waals surface area contributed by atoms with Crippen molar-refractivity contribution >= 4 is 23.4 Å². The average molecular weight is 409 g/mol. The molecule has 1 aliphatic rings. The van der Waals surface area contributed by atoms with Crippen LogP contribution >= 0.6 is 11.6 Å². The van der Waals surface area contributed by atoms with Gasteiger partial charge in [0.25, 0.3) is 5.91 Å². The molecule has 2 aromatic carbocycles. The second-order valence-electron chi connectivity index (χ2n) is 7.20. The summed E-state index contributed by atoms with van der Waals surface area (Å²) in [5, 5.41) is 0.601. The topological polar surface area (TPSA) is 76.5 Å². The van der Waals surface area contributed by atoms with E-state index in [0.29, 0.717) is 29.3 Å². The van der Waals surface area contributed by atoms with Crippen LogP contribution in [-0.2, 0) is 4.79 Å². The Kier molecular flexibility index (Phi) is 5.41. The number of furan rings is 1. The van der Waals surface area contributed by atoms with Crippen LogP contribution in [0.4, 0.5) is 0 Å². The van der Waals surface area contributed by atoms with Gasteiger partial charge in [-0.3, -0.25) is 9.59 Å². The molecule has 1 aromatic heterocycles. The van der Waals surface area contributed by atoms with Gasteiger partial charge in [-0.15, -0.1) is 0 Å². The van der Waals surface area contributed by atoms with E-state index < -0.39 is 17.9 Å². The lowest BCUT2D eigenvalue weighted by atomic mass is 9.83. The van der Waals surface area contributed by atoms with Gasteiger partial charge in [-0.25, -0.2) is 0 Å². The Morgan fingerprint density at radius 2 is 1.86 bits per heavy atom. The average Bonchev–Trinajstić information content (AvgIpc) is 3.28. The quantitative estimate of drug-likeness (QED) is 0.680. The van der Waals surface area contributed by atoms with Crippen molar-refractivity contribution in [2.75, 3.05) is 6.54 Å². The number of carbonyl (C=O) groups excluding carboxylic acids is 2. The summed E-state index contributed by atoms with van der Waals surface area (Å²) >= 11 is 6.03. The van der Waals surface area contributed by atoms with Crippen molar-refractivity contribution in [1.29, 1.82) is 0 Å². The van der Waals surface area contributed by atoms with E-state index in [-0.39, 0.29) is 5.91 Å². The minimum absolute atomic E-state index is 0.135. The fraction of sp³-hybridized carbons (Fsp3) is 0.217. The smallest absolute Gasteiger partial charge is 0.254 e. The zero-order valence-corrected chi connectivity index (χ0v) is 16.5. The van der Waals surface area contributed by atoms with E-state index in [0.717, 1.165) is 17.5 Å². The fourth-order valence-electron chi connectivity index (χ4n) is 4.01. The first-order valence-electron chi connectivity index (χ1n) is 9.54. The van der Waals surface area contributed by atoms with E-state index in [4.69, 9.17) is 21.8 Å². The minimum atomic E-state index is -0.442. The van der Waals surface area contributed by atoms with Crippen LogP contribution in [-0.4, -0.2) is 23.3 Å². The van der Waals surface area contributed by atoms with Crippen molar-refractivity contribution < 1.29 is 14.0 Å². The minimum Gasteiger partial charge on any atom is -0.464 e. The van der Waals surface area contributed by atoms with Gasteiger partial charge in [0.2, 0.25) is 5.91 Å². The van der Waals surface area contributed by atoms with Crippen LogP contribution in [0.2, 0.25) is 5.02 Å². The molecule has 1 saturated heterocycles. The SMILES string of the molecule is NC(=O)C1CCCN(C(=O)c2cccc(-c3ccco3)c2)C1c1ccc(Cl)cc1. The lowest BCUT2D eigenvalue weighted by Gasteiger charge is -2.40. The van der Waals surface area contributed by atoms with E-state index in [2.05, 4.69) is 0 Å². The van der Waals surface area contributed by atoms with Crippen molar-refractivity contribution in [2.45, 2.75) is 18.9 Å². The normalized spacial score (nSPS) is 19.1. The molecule has 6 heteroatoms. The first-order chi connectivity index (χ1) is 14.0. The summed E-state index contributed by atoms with van der Waals surface area (Å²) in [6.45, 7) is 0.556. The number of carbonyl (C=O) groups is 2. The molecule has 4 rings (SSSR count). The molecule has 0 saturated carbocycles. The second-order valence-corrected chi connectivity index (χ2v) is 7.64. The number of amides is 2. The maximum absolute atomic E-state index is 13.5. The van der Waals surface area contributed by atoms with Crippen molar-refractivity contribution in [3.05, 3.63) is 83.1 Å². The Balaban J connectivity index is 1.71. The number of benzene rings is 2. The van der Waals surface area contributed by atoms with Gasteiger partial charge in [-0.1, -0.05) is 35.9 Å². The molecule has 0 radical (unpaired) electrons. The summed E-state index contributed by atoms with van der Waals surface area (Å²) in [7, 11) is 0. The van der Waals surface area contributed by atoms with Crippen LogP contribution in [0.3, 0.4) is 0 Å². The van der Waals surface area contributed by atoms with Gasteiger partial charge in [0.15, 0.2) is 0 Å². The van der Waals surface area contributed by atoms with Crippen molar-refractivity contribution in [1.82, 2.24) is 4.90 Å². The molecule has 2 N–H and O–H groups in total. The van der Waals surface area contributed by atoms with Gasteiger partial charge >= 0.3 is 0 Å². The largest absolute Gasteiger partial charge is 0.464 e. The van der Waals surface area contributed by atoms with Gasteiger partial charge in [0.1, 0.15) is 5.76 Å². The monoisotopic (exact) mass is 408 g/mol. The molecule has 1 fully saturated rings. The molecule has 148 valence electrons. The highest BCUT2D eigenvalue weighted by atomic mass is 35.5. The maximum Gasteiger partial charge on any atom is 0.254 e. The molecule has 0 aliphatic carbocycles. The number of rotatable bonds is 4. The molecule has 2 atom stereocenters. The lowest BCUT2D eigenvalue weighted by Crippen LogP contribution is -2.46. The highest BCUT2D eigenvalue weighted by molar-refractivity contribution is 6.30. The number of hydrogen-bond donors (Lipinski definition) is 1. The maximum atomic E-state index is 13.5. The molecule has 0 spiro atoms. The number of piperidine rings is 1. The summed E-state index contributed by atoms with van der Waals surface area (Å²) in [6.07, 6.45) is 2.97. The predicted octanol–water partition coefficient (Wildman–Crippen LogP) is 4.68. The predicted molar refractivity (Wildman–Crippen MR) is 111 cm³/mol. The molecule has 2 unspecified atom stereocenters. The number of likely N-dealkylation sites (tertiary alicyclic amines) is 1. The number of halogens is 1. The van der Waals surface area contributed by atoms with Gasteiger partial charge in [-0.05, 0) is 54.8 Å². The molecule has 0 bridgehead atoms. The van der Waals surface area contributed by atoms with Gasteiger partial charge in [0, 0.05) is 22.7 Å². The van der Waals surface area contributed by atoms with Crippen molar-refractivity contribution in [2.24, 2.45) is 11.7 Å². The van der Waals surface area contributed by atoms with Crippen LogP contribution in [0.15, 0.2) is 71.3 Å². The number of hydrogen-bond acceptors (Lipinski definition) is 3. The third-order valence-corrected chi connectivity index (χ3v) is 5.64. The molecular weight excluding hydrogens is 388 g/mol. The molecule has 2 amide bonds. The summed E-state index contributed by atoms with van der Waals surface area (Å²) in [6, 6.07) is 17.8. The molecule has 2 heterocycles. The van der Waals surface area contributed by atoms with E-state index in [1.54, 1.807) is 29.4 Å². The number of nitrogens with two attached hydrogens (primary N) is 1. The zero-order valence-electron chi connectivity index (χ0n) is 15.8. The first kappa shape index (κ1) is 19.3. The van der Waals surface area contributed by atoms with Crippen LogP contribution < -0.4 is 5.73 Å². The van der Waals surface area contributed by atoms with Crippen molar-refractivity contribution in [3.63, 3.8) is 0 Å². The Morgan fingerprint density at radius 1 is 1.07 bits per heavy atom. The van der Waals surface area contributed by atoms with E-state index in [1.165, 1.54) is 0 Å². The zero-order chi connectivity index (χ0) is 20.4. The fourth-order valence-corrected chi connectivity index (χ4v) is 4.13. The summed E-state index contributed by atoms with van der Waals surface area (Å²) < 4.78 is 5.45. The van der Waals surface area contributed by atoms with E-state index in [1.807, 2.05) is 42.5 Å². The highest BCUT2D eigenvalue weighted by Gasteiger charge is 2.38. The Morgan fingerprint density at radius 3 is 2.55 bits per heavy atom. The van der Waals surface area contributed by atoms with E-state index in [9.17, 15) is 9.59 Å². The Bertz CT molecular complexity index is 1010. The number of nitrogens with zero attached hydrogens (tertiary/aromatic N) is 1. The van der Waals surface area contributed by atoms with Gasteiger partial charge < -0.3 is 15.1 Å². The van der Waals surface area contributed by atoms with Gasteiger partial charge in [-0.2, -0.15) is 0 Å². The van der Waals surface area contributed by atoms with Crippen LogP contribution in [0.25, 0.3) is 11.3 Å². The van der Waals surface area contributed by atoms with Gasteiger partial charge in [0.05, 0.1) is 18.2 Å². The van der Waals surface area contributed by atoms with Crippen LogP contribution in [0, 0.1) is 5.92 Å². The molecule has 29 heavy (non-hydrogen) atoms. The summed E-state index contributed by atoms with van der Waals surface area (Å²) in [5.41, 5.74) is 7.92. The summed E-state index contributed by atoms with van der Waals surface area (Å²) in [4.78, 5) is 27.4. The second kappa shape index (κ2) is 8.13. The molecule has 5 nitrogen and oxygen atoms in total. The Hall–Kier alpha value is -3.05. The summed E-state index contributed by atoms with van der Waals surface area (Å²) in [5.74, 6) is -0.277. The number of primary amides is 1.